The van der Waals surface area contributed by atoms with Crippen molar-refractivity contribution < 1.29 is 13.2 Å². The van der Waals surface area contributed by atoms with Crippen molar-refractivity contribution in [2.45, 2.75) is 18.4 Å². The highest BCUT2D eigenvalue weighted by molar-refractivity contribution is 7.89. The lowest BCUT2D eigenvalue weighted by molar-refractivity contribution is -0.114. The van der Waals surface area contributed by atoms with Crippen LogP contribution in [-0.2, 0) is 21.4 Å². The van der Waals surface area contributed by atoms with Crippen LogP contribution in [0.1, 0.15) is 18.3 Å². The molecule has 0 radical (unpaired) electrons. The van der Waals surface area contributed by atoms with Crippen LogP contribution in [0.5, 0.6) is 0 Å². The Bertz CT molecular complexity index is 1600. The largest absolute Gasteiger partial charge is 0.326 e. The Labute approximate surface area is 206 Å². The highest BCUT2D eigenvalue weighted by Gasteiger charge is 2.17. The molecular weight excluding hydrogens is 490 g/mol. The Balaban J connectivity index is 1.67. The fourth-order valence-corrected chi connectivity index (χ4v) is 4.43. The lowest BCUT2D eigenvalue weighted by Crippen LogP contribution is -2.29. The molecule has 0 spiro atoms. The predicted octanol–water partition coefficient (Wildman–Crippen LogP) is 3.37. The van der Waals surface area contributed by atoms with Crippen LogP contribution in [-0.4, -0.2) is 30.2 Å². The van der Waals surface area contributed by atoms with Gasteiger partial charge < -0.3 is 5.32 Å². The maximum Gasteiger partial charge on any atom is 0.282 e. The molecule has 0 aliphatic carbocycles. The highest BCUT2D eigenvalue weighted by Crippen LogP contribution is 2.16. The number of benzene rings is 3. The number of carbonyl (C=O) groups is 1. The lowest BCUT2D eigenvalue weighted by atomic mass is 10.2. The fraction of sp³-hybridized carbons (Fsp3) is 0.0833. The third-order valence-electron chi connectivity index (χ3n) is 4.94. The van der Waals surface area contributed by atoms with Crippen molar-refractivity contribution in [3.63, 3.8) is 0 Å². The molecule has 35 heavy (non-hydrogen) atoms. The van der Waals surface area contributed by atoms with Crippen LogP contribution in [0.3, 0.4) is 0 Å². The molecule has 0 fully saturated rings. The van der Waals surface area contributed by atoms with Gasteiger partial charge in [0.2, 0.25) is 15.9 Å². The molecule has 1 amide bonds. The molecule has 0 atom stereocenters. The van der Waals surface area contributed by atoms with Gasteiger partial charge in [-0.15, -0.1) is 0 Å². The molecule has 0 aliphatic heterocycles. The second-order valence-electron chi connectivity index (χ2n) is 7.46. The Kier molecular flexibility index (Phi) is 7.06. The van der Waals surface area contributed by atoms with E-state index in [-0.39, 0.29) is 23.2 Å². The quantitative estimate of drug-likeness (QED) is 0.370. The van der Waals surface area contributed by atoms with E-state index >= 15 is 0 Å². The molecule has 9 nitrogen and oxygen atoms in total. The van der Waals surface area contributed by atoms with Gasteiger partial charge in [0.15, 0.2) is 0 Å². The number of rotatable bonds is 7. The van der Waals surface area contributed by atoms with Gasteiger partial charge in [0.05, 0.1) is 28.6 Å². The summed E-state index contributed by atoms with van der Waals surface area (Å²) in [4.78, 5) is 28.8. The summed E-state index contributed by atoms with van der Waals surface area (Å²) < 4.78 is 29.2. The van der Waals surface area contributed by atoms with Crippen molar-refractivity contribution in [1.29, 1.82) is 0 Å². The fourth-order valence-electron chi connectivity index (χ4n) is 3.27. The SMILES string of the molecule is CC(=O)Nc1ccc(S(=O)(=O)NCc2nc3ccccc3c(=O)n2/N=C/c2ccccc2Cl)cc1. The zero-order chi connectivity index (χ0) is 25.0. The van der Waals surface area contributed by atoms with Crippen molar-refractivity contribution in [1.82, 2.24) is 14.4 Å². The van der Waals surface area contributed by atoms with Crippen molar-refractivity contribution in [2.75, 3.05) is 5.32 Å². The number of carbonyl (C=O) groups excluding carboxylic acids is 1. The third-order valence-corrected chi connectivity index (χ3v) is 6.70. The summed E-state index contributed by atoms with van der Waals surface area (Å²) in [6.07, 6.45) is 1.42. The lowest BCUT2D eigenvalue weighted by Gasteiger charge is -2.11. The molecule has 0 aliphatic rings. The summed E-state index contributed by atoms with van der Waals surface area (Å²) in [6.45, 7) is 1.06. The van der Waals surface area contributed by atoms with Gasteiger partial charge in [-0.2, -0.15) is 9.78 Å². The number of amides is 1. The monoisotopic (exact) mass is 509 g/mol. The zero-order valence-electron chi connectivity index (χ0n) is 18.5. The Morgan fingerprint density at radius 3 is 2.46 bits per heavy atom. The summed E-state index contributed by atoms with van der Waals surface area (Å²) in [5.74, 6) is -0.174. The van der Waals surface area contributed by atoms with Crippen LogP contribution in [0.15, 0.2) is 87.6 Å². The first-order chi connectivity index (χ1) is 16.7. The smallest absolute Gasteiger partial charge is 0.282 e. The van der Waals surface area contributed by atoms with E-state index < -0.39 is 15.6 Å². The van der Waals surface area contributed by atoms with Crippen LogP contribution in [0, 0.1) is 0 Å². The molecular formula is C24H20ClN5O4S. The highest BCUT2D eigenvalue weighted by atomic mass is 35.5. The van der Waals surface area contributed by atoms with Crippen LogP contribution in [0.2, 0.25) is 5.02 Å². The first-order valence-electron chi connectivity index (χ1n) is 10.4. The van der Waals surface area contributed by atoms with E-state index in [4.69, 9.17) is 11.6 Å². The topological polar surface area (TPSA) is 123 Å². The maximum absolute atomic E-state index is 13.1. The number of sulfonamides is 1. The Morgan fingerprint density at radius 1 is 1.06 bits per heavy atom. The molecule has 0 saturated carbocycles. The van der Waals surface area contributed by atoms with Crippen molar-refractivity contribution in [2.24, 2.45) is 5.10 Å². The summed E-state index contributed by atoms with van der Waals surface area (Å²) in [5.41, 5.74) is 1.01. The second-order valence-corrected chi connectivity index (χ2v) is 9.63. The number of nitrogens with zero attached hydrogens (tertiary/aromatic N) is 3. The van der Waals surface area contributed by atoms with Gasteiger partial charge in [0, 0.05) is 23.2 Å². The number of fused-ring (bicyclic) bond motifs is 1. The van der Waals surface area contributed by atoms with Crippen LogP contribution < -0.4 is 15.6 Å². The maximum atomic E-state index is 13.1. The Morgan fingerprint density at radius 2 is 1.74 bits per heavy atom. The number of nitrogens with one attached hydrogen (secondary N) is 2. The van der Waals surface area contributed by atoms with Gasteiger partial charge in [-0.1, -0.05) is 41.9 Å². The molecule has 11 heteroatoms. The molecule has 1 aromatic heterocycles. The summed E-state index contributed by atoms with van der Waals surface area (Å²) in [5, 5.41) is 7.62. The van der Waals surface area contributed by atoms with E-state index in [1.165, 1.54) is 37.4 Å². The normalized spacial score (nSPS) is 11.7. The van der Waals surface area contributed by atoms with E-state index in [9.17, 15) is 18.0 Å². The van der Waals surface area contributed by atoms with Gasteiger partial charge >= 0.3 is 0 Å². The molecule has 3 aromatic carbocycles. The first kappa shape index (κ1) is 24.3. The number of hydrogen-bond donors (Lipinski definition) is 2. The summed E-state index contributed by atoms with van der Waals surface area (Å²) in [7, 11) is -3.95. The van der Waals surface area contributed by atoms with Crippen LogP contribution >= 0.6 is 11.6 Å². The molecule has 0 saturated heterocycles. The van der Waals surface area contributed by atoms with Gasteiger partial charge in [0.1, 0.15) is 5.82 Å². The van der Waals surface area contributed by atoms with Crippen molar-refractivity contribution in [3.05, 3.63) is 99.6 Å². The molecule has 0 unspecified atom stereocenters. The summed E-state index contributed by atoms with van der Waals surface area (Å²) in [6, 6.07) is 19.4. The van der Waals surface area contributed by atoms with E-state index in [1.807, 2.05) is 0 Å². The molecule has 2 N–H and O–H groups in total. The van der Waals surface area contributed by atoms with Gasteiger partial charge in [-0.3, -0.25) is 9.59 Å². The first-order valence-corrected chi connectivity index (χ1v) is 12.3. The van der Waals surface area contributed by atoms with Crippen LogP contribution in [0.4, 0.5) is 5.69 Å². The summed E-state index contributed by atoms with van der Waals surface area (Å²) >= 11 is 6.18. The van der Waals surface area contributed by atoms with Gasteiger partial charge in [-0.05, 0) is 42.5 Å². The van der Waals surface area contributed by atoms with E-state index in [0.29, 0.717) is 27.2 Å². The molecule has 0 bridgehead atoms. The number of aromatic nitrogens is 2. The average molecular weight is 510 g/mol. The molecule has 1 heterocycles. The van der Waals surface area contributed by atoms with Crippen molar-refractivity contribution >= 4 is 50.3 Å². The number of para-hydroxylation sites is 1. The van der Waals surface area contributed by atoms with Crippen molar-refractivity contribution in [3.8, 4) is 0 Å². The minimum Gasteiger partial charge on any atom is -0.326 e. The van der Waals surface area contributed by atoms with E-state index in [0.717, 1.165) is 4.68 Å². The molecule has 4 aromatic rings. The van der Waals surface area contributed by atoms with E-state index in [2.05, 4.69) is 20.1 Å². The minimum atomic E-state index is -3.95. The average Bonchev–Trinajstić information content (AvgIpc) is 2.83. The second kappa shape index (κ2) is 10.2. The van der Waals surface area contributed by atoms with Crippen LogP contribution in [0.25, 0.3) is 10.9 Å². The molecule has 178 valence electrons. The minimum absolute atomic E-state index is 0.0131. The van der Waals surface area contributed by atoms with E-state index in [1.54, 1.807) is 48.5 Å². The third kappa shape index (κ3) is 5.62. The molecule has 4 rings (SSSR count). The predicted molar refractivity (Wildman–Crippen MR) is 135 cm³/mol. The number of anilines is 1. The zero-order valence-corrected chi connectivity index (χ0v) is 20.0. The number of halogens is 1. The van der Waals surface area contributed by atoms with Gasteiger partial charge in [0.25, 0.3) is 5.56 Å². The van der Waals surface area contributed by atoms with Gasteiger partial charge in [-0.25, -0.2) is 18.1 Å². The number of hydrogen-bond acceptors (Lipinski definition) is 6. The Hall–Kier alpha value is -3.86. The standard InChI is InChI=1S/C24H20ClN5O4S/c1-16(31)28-18-10-12-19(13-11-18)35(33,34)27-15-23-29-22-9-5-3-7-20(22)24(32)30(23)26-14-17-6-2-4-8-21(17)25/h2-14,27H,15H2,1H3,(H,28,31)/b26-14+.